The minimum atomic E-state index is -0.867. The highest BCUT2D eigenvalue weighted by molar-refractivity contribution is 5.85. The molecular weight excluding hydrogens is 140 g/mol. The number of hydrogen-bond donors (Lipinski definition) is 1. The molecule has 0 saturated carbocycles. The minimum Gasteiger partial charge on any atom is -0.478 e. The van der Waals surface area contributed by atoms with Crippen LogP contribution in [-0.4, -0.2) is 11.1 Å². The zero-order valence-electron chi connectivity index (χ0n) is 7.26. The minimum absolute atomic E-state index is 0.325. The van der Waals surface area contributed by atoms with E-state index in [0.717, 1.165) is 12.8 Å². The van der Waals surface area contributed by atoms with Gasteiger partial charge in [0.1, 0.15) is 0 Å². The number of rotatable bonds is 5. The summed E-state index contributed by atoms with van der Waals surface area (Å²) in [6.45, 7) is 7.71. The highest BCUT2D eigenvalue weighted by Gasteiger charge is 2.03. The van der Waals surface area contributed by atoms with Gasteiger partial charge in [-0.2, -0.15) is 0 Å². The summed E-state index contributed by atoms with van der Waals surface area (Å²) in [4.78, 5) is 10.3. The van der Waals surface area contributed by atoms with Crippen molar-refractivity contribution in [3.05, 3.63) is 12.2 Å². The number of carboxylic acid groups (broad SMARTS) is 1. The first kappa shape index (κ1) is 10.2. The molecule has 0 aromatic heterocycles. The monoisotopic (exact) mass is 156 g/mol. The highest BCUT2D eigenvalue weighted by Crippen LogP contribution is 2.10. The molecule has 0 rings (SSSR count). The molecule has 2 heteroatoms. The fourth-order valence-electron chi connectivity index (χ4n) is 0.831. The molecule has 0 aliphatic carbocycles. The molecule has 0 bridgehead atoms. The molecule has 0 aliphatic heterocycles. The summed E-state index contributed by atoms with van der Waals surface area (Å²) >= 11 is 0. The van der Waals surface area contributed by atoms with E-state index >= 15 is 0 Å². The van der Waals surface area contributed by atoms with Gasteiger partial charge in [-0.1, -0.05) is 26.8 Å². The SMILES string of the molecule is C=C(CCCC(C)C)C(=O)O. The molecule has 0 aliphatic rings. The summed E-state index contributed by atoms with van der Waals surface area (Å²) in [7, 11) is 0. The van der Waals surface area contributed by atoms with Gasteiger partial charge in [0, 0.05) is 5.57 Å². The Balaban J connectivity index is 3.40. The van der Waals surface area contributed by atoms with E-state index in [1.54, 1.807) is 0 Å². The Morgan fingerprint density at radius 3 is 2.45 bits per heavy atom. The van der Waals surface area contributed by atoms with Gasteiger partial charge in [-0.15, -0.1) is 0 Å². The zero-order valence-corrected chi connectivity index (χ0v) is 7.26. The molecule has 1 N–H and O–H groups in total. The number of carboxylic acids is 1. The van der Waals surface area contributed by atoms with Crippen LogP contribution < -0.4 is 0 Å². The van der Waals surface area contributed by atoms with Crippen molar-refractivity contribution in [3.8, 4) is 0 Å². The lowest BCUT2D eigenvalue weighted by Crippen LogP contribution is -1.99. The number of aliphatic carboxylic acids is 1. The van der Waals surface area contributed by atoms with E-state index in [0.29, 0.717) is 17.9 Å². The molecule has 0 unspecified atom stereocenters. The second kappa shape index (κ2) is 4.94. The van der Waals surface area contributed by atoms with E-state index in [2.05, 4.69) is 20.4 Å². The summed E-state index contributed by atoms with van der Waals surface area (Å²) in [6.07, 6.45) is 2.63. The summed E-state index contributed by atoms with van der Waals surface area (Å²) in [5.41, 5.74) is 0.325. The largest absolute Gasteiger partial charge is 0.478 e. The lowest BCUT2D eigenvalue weighted by molar-refractivity contribution is -0.132. The molecule has 0 aromatic rings. The first-order valence-electron chi connectivity index (χ1n) is 3.95. The second-order valence-electron chi connectivity index (χ2n) is 3.19. The molecular formula is C9H16O2. The standard InChI is InChI=1S/C9H16O2/c1-7(2)5-4-6-8(3)9(10)11/h7H,3-6H2,1-2H3,(H,10,11). The maximum absolute atomic E-state index is 10.3. The van der Waals surface area contributed by atoms with Crippen LogP contribution in [0.15, 0.2) is 12.2 Å². The molecule has 2 nitrogen and oxygen atoms in total. The molecule has 0 heterocycles. The zero-order chi connectivity index (χ0) is 8.85. The van der Waals surface area contributed by atoms with Crippen LogP contribution in [0.2, 0.25) is 0 Å². The van der Waals surface area contributed by atoms with E-state index in [1.165, 1.54) is 0 Å². The molecule has 0 saturated heterocycles. The Morgan fingerprint density at radius 1 is 1.55 bits per heavy atom. The number of carbonyl (C=O) groups is 1. The van der Waals surface area contributed by atoms with Crippen molar-refractivity contribution in [1.29, 1.82) is 0 Å². The summed E-state index contributed by atoms with van der Waals surface area (Å²) in [5, 5.41) is 8.45. The van der Waals surface area contributed by atoms with E-state index in [4.69, 9.17) is 5.11 Å². The molecule has 0 fully saturated rings. The summed E-state index contributed by atoms with van der Waals surface area (Å²) in [5.74, 6) is -0.217. The third-order valence-corrected chi connectivity index (χ3v) is 1.56. The van der Waals surface area contributed by atoms with E-state index in [-0.39, 0.29) is 0 Å². The summed E-state index contributed by atoms with van der Waals surface area (Å²) in [6, 6.07) is 0. The Kier molecular flexibility index (Phi) is 4.59. The Labute approximate surface area is 67.9 Å². The van der Waals surface area contributed by atoms with Gasteiger partial charge >= 0.3 is 5.97 Å². The molecule has 0 radical (unpaired) electrons. The van der Waals surface area contributed by atoms with Gasteiger partial charge in [-0.05, 0) is 18.8 Å². The van der Waals surface area contributed by atoms with E-state index in [1.807, 2.05) is 0 Å². The van der Waals surface area contributed by atoms with Crippen LogP contribution >= 0.6 is 0 Å². The Morgan fingerprint density at radius 2 is 2.09 bits per heavy atom. The molecule has 64 valence electrons. The fourth-order valence-corrected chi connectivity index (χ4v) is 0.831. The first-order chi connectivity index (χ1) is 5.04. The average Bonchev–Trinajstić information content (AvgIpc) is 1.86. The van der Waals surface area contributed by atoms with Gasteiger partial charge in [-0.25, -0.2) is 4.79 Å². The average molecular weight is 156 g/mol. The molecule has 11 heavy (non-hydrogen) atoms. The van der Waals surface area contributed by atoms with E-state index < -0.39 is 5.97 Å². The van der Waals surface area contributed by atoms with Crippen LogP contribution in [0.4, 0.5) is 0 Å². The van der Waals surface area contributed by atoms with Crippen LogP contribution in [0.5, 0.6) is 0 Å². The predicted octanol–water partition coefficient (Wildman–Crippen LogP) is 2.45. The first-order valence-corrected chi connectivity index (χ1v) is 3.95. The number of hydrogen-bond acceptors (Lipinski definition) is 1. The van der Waals surface area contributed by atoms with Crippen LogP contribution in [0, 0.1) is 5.92 Å². The molecule has 0 amide bonds. The quantitative estimate of drug-likeness (QED) is 0.621. The van der Waals surface area contributed by atoms with Gasteiger partial charge < -0.3 is 5.11 Å². The molecule has 0 atom stereocenters. The maximum Gasteiger partial charge on any atom is 0.330 e. The maximum atomic E-state index is 10.3. The fraction of sp³-hybridized carbons (Fsp3) is 0.667. The van der Waals surface area contributed by atoms with Gasteiger partial charge in [0.15, 0.2) is 0 Å². The smallest absolute Gasteiger partial charge is 0.330 e. The van der Waals surface area contributed by atoms with Gasteiger partial charge in [0.2, 0.25) is 0 Å². The predicted molar refractivity (Wildman–Crippen MR) is 45.5 cm³/mol. The third kappa shape index (κ3) is 5.64. The van der Waals surface area contributed by atoms with Crippen LogP contribution in [0.25, 0.3) is 0 Å². The van der Waals surface area contributed by atoms with Gasteiger partial charge in [-0.3, -0.25) is 0 Å². The normalized spacial score (nSPS) is 10.1. The highest BCUT2D eigenvalue weighted by atomic mass is 16.4. The van der Waals surface area contributed by atoms with Crippen LogP contribution in [0.3, 0.4) is 0 Å². The van der Waals surface area contributed by atoms with Gasteiger partial charge in [0.25, 0.3) is 0 Å². The van der Waals surface area contributed by atoms with Crippen molar-refractivity contribution in [2.24, 2.45) is 5.92 Å². The van der Waals surface area contributed by atoms with Crippen molar-refractivity contribution in [3.63, 3.8) is 0 Å². The lowest BCUT2D eigenvalue weighted by Gasteiger charge is -2.03. The molecule has 0 aromatic carbocycles. The van der Waals surface area contributed by atoms with Gasteiger partial charge in [0.05, 0.1) is 0 Å². The topological polar surface area (TPSA) is 37.3 Å². The van der Waals surface area contributed by atoms with Crippen LogP contribution in [0.1, 0.15) is 33.1 Å². The lowest BCUT2D eigenvalue weighted by atomic mass is 10.0. The van der Waals surface area contributed by atoms with Crippen molar-refractivity contribution in [2.75, 3.05) is 0 Å². The van der Waals surface area contributed by atoms with Crippen molar-refractivity contribution in [2.45, 2.75) is 33.1 Å². The molecule has 0 spiro atoms. The second-order valence-corrected chi connectivity index (χ2v) is 3.19. The van der Waals surface area contributed by atoms with E-state index in [9.17, 15) is 4.79 Å². The Bertz CT molecular complexity index is 148. The summed E-state index contributed by atoms with van der Waals surface area (Å²) < 4.78 is 0. The van der Waals surface area contributed by atoms with Crippen molar-refractivity contribution < 1.29 is 9.90 Å². The van der Waals surface area contributed by atoms with Crippen molar-refractivity contribution in [1.82, 2.24) is 0 Å². The third-order valence-electron chi connectivity index (χ3n) is 1.56. The van der Waals surface area contributed by atoms with Crippen molar-refractivity contribution >= 4 is 5.97 Å². The van der Waals surface area contributed by atoms with Crippen LogP contribution in [-0.2, 0) is 4.79 Å². The Hall–Kier alpha value is -0.790.